The van der Waals surface area contributed by atoms with Crippen LogP contribution in [-0.2, 0) is 13.0 Å². The van der Waals surface area contributed by atoms with Gasteiger partial charge < -0.3 is 13.9 Å². The van der Waals surface area contributed by atoms with Crippen molar-refractivity contribution in [2.75, 3.05) is 6.61 Å². The summed E-state index contributed by atoms with van der Waals surface area (Å²) < 4.78 is 18.5. The molecule has 4 rings (SSSR count). The lowest BCUT2D eigenvalue weighted by molar-refractivity contribution is 0.0929. The molecule has 0 aliphatic carbocycles. The van der Waals surface area contributed by atoms with Gasteiger partial charge in [-0.05, 0) is 61.4 Å². The number of nitrogens with zero attached hydrogens (tertiary/aromatic N) is 1. The molecule has 4 aromatic rings. The SMILES string of the molecule is C=CCc1cc(/C=N/NC(=O)c2cc3cc(Br)ccc3o2)cc(OCC)c1OCc1ccccc1Cl. The second kappa shape index (κ2) is 11.9. The molecule has 184 valence electrons. The fraction of sp³-hybridized carbons (Fsp3) is 0.143. The number of allylic oxidation sites excluding steroid dienone is 1. The normalized spacial score (nSPS) is 11.1. The molecule has 0 aliphatic heterocycles. The van der Waals surface area contributed by atoms with Gasteiger partial charge in [0.05, 0.1) is 12.8 Å². The zero-order valence-electron chi connectivity index (χ0n) is 19.6. The molecule has 0 aliphatic rings. The first-order chi connectivity index (χ1) is 17.5. The summed E-state index contributed by atoms with van der Waals surface area (Å²) in [4.78, 5) is 12.5. The third kappa shape index (κ3) is 6.17. The predicted molar refractivity (Wildman–Crippen MR) is 146 cm³/mol. The molecule has 8 heteroatoms. The monoisotopic (exact) mass is 566 g/mol. The fourth-order valence-corrected chi connectivity index (χ4v) is 4.17. The van der Waals surface area contributed by atoms with Gasteiger partial charge in [0.25, 0.3) is 0 Å². The van der Waals surface area contributed by atoms with Gasteiger partial charge >= 0.3 is 5.91 Å². The van der Waals surface area contributed by atoms with Gasteiger partial charge in [-0.25, -0.2) is 5.43 Å². The zero-order valence-corrected chi connectivity index (χ0v) is 21.9. The first-order valence-electron chi connectivity index (χ1n) is 11.3. The first-order valence-corrected chi connectivity index (χ1v) is 12.4. The molecule has 0 atom stereocenters. The van der Waals surface area contributed by atoms with Gasteiger partial charge in [0, 0.05) is 26.0 Å². The number of nitrogens with one attached hydrogen (secondary N) is 1. The molecule has 6 nitrogen and oxygen atoms in total. The topological polar surface area (TPSA) is 73.1 Å². The molecule has 0 spiro atoms. The van der Waals surface area contributed by atoms with Crippen LogP contribution >= 0.6 is 27.5 Å². The highest BCUT2D eigenvalue weighted by Crippen LogP contribution is 2.35. The number of amides is 1. The Balaban J connectivity index is 1.53. The number of carbonyl (C=O) groups is 1. The van der Waals surface area contributed by atoms with Crippen LogP contribution in [0.15, 0.2) is 87.3 Å². The molecular weight excluding hydrogens is 544 g/mol. The second-order valence-corrected chi connectivity index (χ2v) is 9.13. The van der Waals surface area contributed by atoms with Crippen LogP contribution in [-0.4, -0.2) is 18.7 Å². The van der Waals surface area contributed by atoms with Crippen LogP contribution in [0.5, 0.6) is 11.5 Å². The summed E-state index contributed by atoms with van der Waals surface area (Å²) >= 11 is 9.70. The quantitative estimate of drug-likeness (QED) is 0.124. The lowest BCUT2D eigenvalue weighted by atomic mass is 10.1. The Morgan fingerprint density at radius 2 is 1.97 bits per heavy atom. The zero-order chi connectivity index (χ0) is 25.5. The molecule has 0 bridgehead atoms. The summed E-state index contributed by atoms with van der Waals surface area (Å²) in [5.74, 6) is 0.909. The van der Waals surface area contributed by atoms with Crippen LogP contribution in [0.25, 0.3) is 11.0 Å². The van der Waals surface area contributed by atoms with Crippen molar-refractivity contribution in [1.82, 2.24) is 5.43 Å². The Bertz CT molecular complexity index is 1430. The Kier molecular flexibility index (Phi) is 8.46. The number of fused-ring (bicyclic) bond motifs is 1. The van der Waals surface area contributed by atoms with Gasteiger partial charge in [-0.1, -0.05) is 51.8 Å². The molecular formula is C28H24BrClN2O4. The Morgan fingerprint density at radius 1 is 1.14 bits per heavy atom. The van der Waals surface area contributed by atoms with Crippen LogP contribution in [0, 0.1) is 0 Å². The average molecular weight is 568 g/mol. The number of furan rings is 1. The Morgan fingerprint density at radius 3 is 2.75 bits per heavy atom. The highest BCUT2D eigenvalue weighted by molar-refractivity contribution is 9.10. The van der Waals surface area contributed by atoms with Crippen molar-refractivity contribution in [2.45, 2.75) is 20.0 Å². The lowest BCUT2D eigenvalue weighted by Gasteiger charge is -2.17. The fourth-order valence-electron chi connectivity index (χ4n) is 3.60. The predicted octanol–water partition coefficient (Wildman–Crippen LogP) is 7.32. The maximum absolute atomic E-state index is 12.5. The van der Waals surface area contributed by atoms with Crippen molar-refractivity contribution in [3.05, 3.63) is 105 Å². The van der Waals surface area contributed by atoms with E-state index < -0.39 is 5.91 Å². The van der Waals surface area contributed by atoms with E-state index in [0.29, 0.717) is 41.7 Å². The van der Waals surface area contributed by atoms with Gasteiger partial charge in [-0.3, -0.25) is 4.79 Å². The third-order valence-corrected chi connectivity index (χ3v) is 6.09. The molecule has 36 heavy (non-hydrogen) atoms. The summed E-state index contributed by atoms with van der Waals surface area (Å²) in [7, 11) is 0. The van der Waals surface area contributed by atoms with Gasteiger partial charge in [0.2, 0.25) is 0 Å². The molecule has 1 heterocycles. The van der Waals surface area contributed by atoms with Gasteiger partial charge in [-0.2, -0.15) is 5.10 Å². The van der Waals surface area contributed by atoms with E-state index in [1.807, 2.05) is 55.5 Å². The van der Waals surface area contributed by atoms with E-state index in [0.717, 1.165) is 26.5 Å². The van der Waals surface area contributed by atoms with Gasteiger partial charge in [0.1, 0.15) is 12.2 Å². The van der Waals surface area contributed by atoms with E-state index in [1.54, 1.807) is 24.4 Å². The second-order valence-electron chi connectivity index (χ2n) is 7.81. The third-order valence-electron chi connectivity index (χ3n) is 5.23. The van der Waals surface area contributed by atoms with Crippen LogP contribution in [0.2, 0.25) is 5.02 Å². The lowest BCUT2D eigenvalue weighted by Crippen LogP contribution is -2.16. The van der Waals surface area contributed by atoms with Crippen LogP contribution < -0.4 is 14.9 Å². The molecule has 1 amide bonds. The van der Waals surface area contributed by atoms with Crippen molar-refractivity contribution < 1.29 is 18.7 Å². The molecule has 0 fully saturated rings. The van der Waals surface area contributed by atoms with E-state index in [-0.39, 0.29) is 5.76 Å². The smallest absolute Gasteiger partial charge is 0.307 e. The average Bonchev–Trinajstić information content (AvgIpc) is 3.28. The Labute approximate surface area is 222 Å². The number of hydrogen-bond acceptors (Lipinski definition) is 5. The van der Waals surface area contributed by atoms with Crippen LogP contribution in [0.1, 0.15) is 34.2 Å². The van der Waals surface area contributed by atoms with Crippen molar-refractivity contribution in [3.8, 4) is 11.5 Å². The van der Waals surface area contributed by atoms with Crippen molar-refractivity contribution in [3.63, 3.8) is 0 Å². The minimum atomic E-state index is -0.449. The standard InChI is InChI=1S/C28H24BrClN2O4/c1-3-7-19-12-18(13-25(34-4-2)27(19)35-17-20-8-5-6-9-23(20)30)16-31-32-28(33)26-15-21-14-22(29)10-11-24(21)36-26/h3,5-6,8-16H,1,4,7,17H2,2H3,(H,32,33)/b31-16+. The van der Waals surface area contributed by atoms with E-state index in [2.05, 4.69) is 33.0 Å². The molecule has 0 saturated carbocycles. The van der Waals surface area contributed by atoms with Crippen molar-refractivity contribution in [2.24, 2.45) is 5.10 Å². The van der Waals surface area contributed by atoms with E-state index in [1.165, 1.54) is 0 Å². The molecule has 1 N–H and O–H groups in total. The number of rotatable bonds is 10. The minimum Gasteiger partial charge on any atom is -0.490 e. The number of hydrogen-bond donors (Lipinski definition) is 1. The van der Waals surface area contributed by atoms with E-state index >= 15 is 0 Å². The summed E-state index contributed by atoms with van der Waals surface area (Å²) in [5, 5.41) is 5.57. The molecule has 0 saturated heterocycles. The van der Waals surface area contributed by atoms with Crippen molar-refractivity contribution >= 4 is 50.6 Å². The Hall–Kier alpha value is -3.55. The highest BCUT2D eigenvalue weighted by Gasteiger charge is 2.15. The molecule has 0 radical (unpaired) electrons. The first kappa shape index (κ1) is 25.5. The number of halogens is 2. The van der Waals surface area contributed by atoms with E-state index in [4.69, 9.17) is 25.5 Å². The summed E-state index contributed by atoms with van der Waals surface area (Å²) in [6.07, 6.45) is 3.89. The maximum Gasteiger partial charge on any atom is 0.307 e. The van der Waals surface area contributed by atoms with Crippen LogP contribution in [0.4, 0.5) is 0 Å². The van der Waals surface area contributed by atoms with Gasteiger partial charge in [-0.15, -0.1) is 6.58 Å². The number of ether oxygens (including phenoxy) is 2. The largest absolute Gasteiger partial charge is 0.490 e. The molecule has 0 unspecified atom stereocenters. The minimum absolute atomic E-state index is 0.172. The van der Waals surface area contributed by atoms with Crippen molar-refractivity contribution in [1.29, 1.82) is 0 Å². The summed E-state index contributed by atoms with van der Waals surface area (Å²) in [5.41, 5.74) is 5.61. The number of carbonyl (C=O) groups excluding carboxylic acids is 1. The van der Waals surface area contributed by atoms with E-state index in [9.17, 15) is 4.79 Å². The number of hydrazone groups is 1. The summed E-state index contributed by atoms with van der Waals surface area (Å²) in [6, 6.07) is 18.5. The summed E-state index contributed by atoms with van der Waals surface area (Å²) in [6.45, 7) is 6.50. The van der Waals surface area contributed by atoms with Crippen LogP contribution in [0.3, 0.4) is 0 Å². The molecule has 1 aromatic heterocycles. The maximum atomic E-state index is 12.5. The molecule has 3 aromatic carbocycles. The highest BCUT2D eigenvalue weighted by atomic mass is 79.9. The van der Waals surface area contributed by atoms with Gasteiger partial charge in [0.15, 0.2) is 17.3 Å². The number of benzene rings is 3.